The first kappa shape index (κ1) is 20.3. The van der Waals surface area contributed by atoms with Gasteiger partial charge >= 0.3 is 0 Å². The molecule has 0 aliphatic carbocycles. The van der Waals surface area contributed by atoms with Crippen LogP contribution in [0.3, 0.4) is 0 Å². The van der Waals surface area contributed by atoms with E-state index in [1.165, 1.54) is 0 Å². The molecular weight excluding hydrogens is 400 g/mol. The molecule has 0 aromatic carbocycles. The van der Waals surface area contributed by atoms with E-state index >= 15 is 0 Å². The Labute approximate surface area is 167 Å². The van der Waals surface area contributed by atoms with Gasteiger partial charge in [0.25, 0.3) is 0 Å². The van der Waals surface area contributed by atoms with Gasteiger partial charge in [-0.05, 0) is 36.4 Å². The summed E-state index contributed by atoms with van der Waals surface area (Å²) in [4.78, 5) is 26.5. The molecule has 0 aliphatic rings. The Morgan fingerprint density at radius 2 is 0.759 bits per heavy atom. The molecule has 4 aromatic rings. The molecule has 0 bridgehead atoms. The van der Waals surface area contributed by atoms with Crippen LogP contribution in [-0.2, 0) is 0 Å². The first-order valence-electron chi connectivity index (χ1n) is 8.02. The molecule has 0 radical (unpaired) electrons. The Morgan fingerprint density at radius 1 is 0.483 bits per heavy atom. The Morgan fingerprint density at radius 3 is 0.966 bits per heavy atom. The highest BCUT2D eigenvalue weighted by atomic mass is 35.7. The minimum absolute atomic E-state index is 0.493. The number of aromatic nitrogens is 6. The van der Waals surface area contributed by atoms with Gasteiger partial charge in [0.05, 0.1) is 0 Å². The van der Waals surface area contributed by atoms with Crippen LogP contribution in [0.4, 0.5) is 0 Å². The highest BCUT2D eigenvalue weighted by Crippen LogP contribution is 2.21. The fourth-order valence-corrected chi connectivity index (χ4v) is 2.20. The number of pyridine rings is 3. The zero-order valence-corrected chi connectivity index (χ0v) is 15.4. The van der Waals surface area contributed by atoms with Gasteiger partial charge < -0.3 is 0 Å². The molecule has 10 nitrogen and oxygen atoms in total. The first-order valence-corrected chi connectivity index (χ1v) is 9.25. The molecule has 4 rings (SSSR count). The maximum absolute atomic E-state index is 8.49. The molecule has 0 atom stereocenters. The molecule has 4 heterocycles. The predicted octanol–water partition coefficient (Wildman–Crippen LogP) is -1.70. The summed E-state index contributed by atoms with van der Waals surface area (Å²) in [6.07, 6.45) is 5.13. The van der Waals surface area contributed by atoms with Crippen molar-refractivity contribution in [3.63, 3.8) is 0 Å². The fourth-order valence-electron chi connectivity index (χ4n) is 2.20. The Bertz CT molecular complexity index is 905. The SMILES string of the molecule is [O-][Cl+3]([O-])([O-])[O-].c1ccc(-c2nc(-c3ccccn3)nc(-c3ccccn3)n2)nc1. The molecule has 0 spiro atoms. The third-order valence-corrected chi connectivity index (χ3v) is 3.32. The summed E-state index contributed by atoms with van der Waals surface area (Å²) in [7, 11) is -4.94. The average Bonchev–Trinajstić information content (AvgIpc) is 2.74. The summed E-state index contributed by atoms with van der Waals surface area (Å²) in [5.41, 5.74) is 2.03. The van der Waals surface area contributed by atoms with Crippen molar-refractivity contribution in [2.45, 2.75) is 0 Å². The smallest absolute Gasteiger partial charge is 0.182 e. The number of halogens is 1. The first-order chi connectivity index (χ1) is 13.9. The van der Waals surface area contributed by atoms with Gasteiger partial charge in [-0.2, -0.15) is 0 Å². The van der Waals surface area contributed by atoms with E-state index in [0.717, 1.165) is 0 Å². The second-order valence-electron chi connectivity index (χ2n) is 5.33. The van der Waals surface area contributed by atoms with Gasteiger partial charge in [0.1, 0.15) is 17.1 Å². The van der Waals surface area contributed by atoms with Crippen LogP contribution in [-0.4, -0.2) is 29.9 Å². The van der Waals surface area contributed by atoms with Gasteiger partial charge in [0.2, 0.25) is 0 Å². The normalized spacial score (nSPS) is 10.8. The molecule has 146 valence electrons. The van der Waals surface area contributed by atoms with Gasteiger partial charge in [-0.3, -0.25) is 15.0 Å². The van der Waals surface area contributed by atoms with E-state index in [2.05, 4.69) is 29.9 Å². The molecule has 29 heavy (non-hydrogen) atoms. The quantitative estimate of drug-likeness (QED) is 0.378. The molecule has 0 saturated heterocycles. The summed E-state index contributed by atoms with van der Waals surface area (Å²) >= 11 is 0. The van der Waals surface area contributed by atoms with Crippen LogP contribution >= 0.6 is 0 Å². The summed E-state index contributed by atoms with van der Waals surface area (Å²) in [5.74, 6) is 1.48. The Hall–Kier alpha value is -3.41. The zero-order valence-electron chi connectivity index (χ0n) is 14.6. The minimum Gasteiger partial charge on any atom is -0.253 e. The molecule has 0 saturated carbocycles. The summed E-state index contributed by atoms with van der Waals surface area (Å²) in [5, 5.41) is 0. The van der Waals surface area contributed by atoms with Crippen molar-refractivity contribution in [1.29, 1.82) is 0 Å². The molecule has 0 amide bonds. The fraction of sp³-hybridized carbons (Fsp3) is 0. The van der Waals surface area contributed by atoms with Crippen LogP contribution < -0.4 is 18.6 Å². The van der Waals surface area contributed by atoms with Crippen molar-refractivity contribution in [3.8, 4) is 34.6 Å². The third kappa shape index (κ3) is 6.31. The maximum atomic E-state index is 8.49. The molecule has 0 aliphatic heterocycles. The monoisotopic (exact) mass is 411 g/mol. The summed E-state index contributed by atoms with van der Waals surface area (Å²) in [6.45, 7) is 0. The minimum atomic E-state index is -4.94. The van der Waals surface area contributed by atoms with Crippen LogP contribution in [0.1, 0.15) is 0 Å². The lowest BCUT2D eigenvalue weighted by Gasteiger charge is -2.17. The van der Waals surface area contributed by atoms with Crippen LogP contribution in [0.2, 0.25) is 0 Å². The van der Waals surface area contributed by atoms with Crippen molar-refractivity contribution in [3.05, 3.63) is 73.2 Å². The highest BCUT2D eigenvalue weighted by Gasteiger charge is 2.13. The van der Waals surface area contributed by atoms with E-state index in [-0.39, 0.29) is 0 Å². The molecule has 4 aromatic heterocycles. The average molecular weight is 412 g/mol. The third-order valence-electron chi connectivity index (χ3n) is 3.32. The van der Waals surface area contributed by atoms with Crippen molar-refractivity contribution >= 4 is 0 Å². The van der Waals surface area contributed by atoms with Crippen molar-refractivity contribution < 1.29 is 28.9 Å². The molecule has 11 heteroatoms. The number of rotatable bonds is 3. The number of hydrogen-bond donors (Lipinski definition) is 0. The lowest BCUT2D eigenvalue weighted by atomic mass is 10.3. The van der Waals surface area contributed by atoms with Crippen LogP contribution in [0.15, 0.2) is 73.2 Å². The van der Waals surface area contributed by atoms with Gasteiger partial charge in [-0.1, -0.05) is 18.2 Å². The molecule has 0 unspecified atom stereocenters. The van der Waals surface area contributed by atoms with Gasteiger partial charge in [-0.25, -0.2) is 33.6 Å². The van der Waals surface area contributed by atoms with Crippen LogP contribution in [0.25, 0.3) is 34.6 Å². The molecular formula is C18H12ClN6O4-. The van der Waals surface area contributed by atoms with Crippen molar-refractivity contribution in [1.82, 2.24) is 29.9 Å². The maximum Gasteiger partial charge on any atom is 0.182 e. The second kappa shape index (κ2) is 9.19. The van der Waals surface area contributed by atoms with Crippen molar-refractivity contribution in [2.75, 3.05) is 0 Å². The van der Waals surface area contributed by atoms with E-state index in [0.29, 0.717) is 34.6 Å². The predicted molar refractivity (Wildman–Crippen MR) is 89.5 cm³/mol. The van der Waals surface area contributed by atoms with Gasteiger partial charge in [-0.15, -0.1) is 10.2 Å². The second-order valence-corrected chi connectivity index (χ2v) is 6.09. The Balaban J connectivity index is 0.000000431. The molecule has 0 N–H and O–H groups in total. The van der Waals surface area contributed by atoms with Crippen LogP contribution in [0.5, 0.6) is 0 Å². The largest absolute Gasteiger partial charge is 0.253 e. The summed E-state index contributed by atoms with van der Waals surface area (Å²) < 4.78 is 34.0. The lowest BCUT2D eigenvalue weighted by molar-refractivity contribution is -2.00. The van der Waals surface area contributed by atoms with Gasteiger partial charge in [0, 0.05) is 18.6 Å². The van der Waals surface area contributed by atoms with E-state index in [1.807, 2.05) is 54.6 Å². The molecule has 0 fully saturated rings. The summed E-state index contributed by atoms with van der Waals surface area (Å²) in [6, 6.07) is 16.8. The Kier molecular flexibility index (Phi) is 6.44. The van der Waals surface area contributed by atoms with E-state index in [9.17, 15) is 0 Å². The van der Waals surface area contributed by atoms with E-state index in [1.54, 1.807) is 18.6 Å². The van der Waals surface area contributed by atoms with E-state index < -0.39 is 10.2 Å². The topological polar surface area (TPSA) is 170 Å². The highest BCUT2D eigenvalue weighted by molar-refractivity contribution is 5.61. The standard InChI is InChI=1S/C18H12N6.ClHO4/c1-4-10-19-13(7-1)16-22-17(14-8-2-5-11-20-14)24-18(23-16)15-9-3-6-12-21-15;2-1(3,4)5/h1-12H;(H,2,3,4,5)/p-1. The van der Waals surface area contributed by atoms with Crippen LogP contribution in [0, 0.1) is 10.2 Å². The number of hydrogen-bond acceptors (Lipinski definition) is 10. The van der Waals surface area contributed by atoms with E-state index in [4.69, 9.17) is 18.6 Å². The lowest BCUT2D eigenvalue weighted by Crippen LogP contribution is -2.68. The van der Waals surface area contributed by atoms with Gasteiger partial charge in [0.15, 0.2) is 17.5 Å². The van der Waals surface area contributed by atoms with Crippen molar-refractivity contribution in [2.24, 2.45) is 0 Å². The zero-order chi connectivity index (χ0) is 20.7. The number of nitrogens with zero attached hydrogens (tertiary/aromatic N) is 6.